The molecule has 0 aromatic heterocycles. The van der Waals surface area contributed by atoms with Crippen molar-refractivity contribution < 1.29 is 13.9 Å². The van der Waals surface area contributed by atoms with Crippen LogP contribution in [0.3, 0.4) is 0 Å². The number of benzene rings is 1. The molecule has 1 aliphatic carbocycles. The van der Waals surface area contributed by atoms with Gasteiger partial charge in [-0.25, -0.2) is 9.18 Å². The number of ether oxygens (including phenoxy) is 1. The molecule has 2 rings (SSSR count). The molecular formula is C13H15ClFNO2. The van der Waals surface area contributed by atoms with Crippen molar-refractivity contribution in [3.63, 3.8) is 0 Å². The Labute approximate surface area is 110 Å². The number of rotatable bonds is 5. The molecule has 1 N–H and O–H groups in total. The summed E-state index contributed by atoms with van der Waals surface area (Å²) >= 11 is 5.70. The molecule has 0 saturated heterocycles. The van der Waals surface area contributed by atoms with E-state index in [-0.39, 0.29) is 18.2 Å². The average molecular weight is 272 g/mol. The van der Waals surface area contributed by atoms with Crippen LogP contribution in [0.25, 0.3) is 0 Å². The fourth-order valence-corrected chi connectivity index (χ4v) is 1.89. The molecule has 1 unspecified atom stereocenters. The summed E-state index contributed by atoms with van der Waals surface area (Å²) < 4.78 is 18.8. The molecule has 1 saturated carbocycles. The van der Waals surface area contributed by atoms with Crippen LogP contribution in [0.4, 0.5) is 4.39 Å². The maximum Gasteiger partial charge on any atom is 0.327 e. The van der Waals surface area contributed by atoms with Crippen molar-refractivity contribution in [1.82, 2.24) is 5.32 Å². The van der Waals surface area contributed by atoms with Crippen LogP contribution < -0.4 is 5.32 Å². The highest BCUT2D eigenvalue weighted by atomic mass is 35.5. The van der Waals surface area contributed by atoms with Crippen molar-refractivity contribution in [2.45, 2.75) is 31.8 Å². The van der Waals surface area contributed by atoms with Crippen molar-refractivity contribution in [1.29, 1.82) is 0 Å². The molecule has 0 aliphatic heterocycles. The summed E-state index contributed by atoms with van der Waals surface area (Å²) in [6.45, 7) is 2.00. The van der Waals surface area contributed by atoms with Gasteiger partial charge in [-0.05, 0) is 31.9 Å². The maximum atomic E-state index is 13.8. The summed E-state index contributed by atoms with van der Waals surface area (Å²) in [5.74, 6) is -0.945. The molecule has 1 aromatic rings. The standard InChI is InChI=1S/C13H15ClFNO2/c1-2-18-13(17)12(16-9-4-5-9)10-6-3-8(14)7-11(10)15/h3,6-7,9,12,16H,2,4-5H2,1H3. The molecular weight excluding hydrogens is 257 g/mol. The van der Waals surface area contributed by atoms with Crippen LogP contribution in [0.1, 0.15) is 31.4 Å². The minimum absolute atomic E-state index is 0.273. The summed E-state index contributed by atoms with van der Waals surface area (Å²) in [5.41, 5.74) is 0.282. The zero-order valence-electron chi connectivity index (χ0n) is 10.1. The number of esters is 1. The Hall–Kier alpha value is -1.13. The lowest BCUT2D eigenvalue weighted by atomic mass is 10.1. The lowest BCUT2D eigenvalue weighted by Crippen LogP contribution is -2.32. The number of hydrogen-bond donors (Lipinski definition) is 1. The molecule has 0 bridgehead atoms. The van der Waals surface area contributed by atoms with Crippen LogP contribution in [0.2, 0.25) is 5.02 Å². The fourth-order valence-electron chi connectivity index (χ4n) is 1.73. The number of carbonyl (C=O) groups excluding carboxylic acids is 1. The third-order valence-corrected chi connectivity index (χ3v) is 3.01. The summed E-state index contributed by atoms with van der Waals surface area (Å²) in [6.07, 6.45) is 2.01. The predicted molar refractivity (Wildman–Crippen MR) is 66.9 cm³/mol. The average Bonchev–Trinajstić information content (AvgIpc) is 3.11. The molecule has 0 spiro atoms. The van der Waals surface area contributed by atoms with Crippen LogP contribution in [0.15, 0.2) is 18.2 Å². The zero-order chi connectivity index (χ0) is 13.1. The molecule has 0 heterocycles. The van der Waals surface area contributed by atoms with Crippen molar-refractivity contribution >= 4 is 17.6 Å². The molecule has 18 heavy (non-hydrogen) atoms. The first-order valence-electron chi connectivity index (χ1n) is 5.99. The highest BCUT2D eigenvalue weighted by Gasteiger charge is 2.31. The summed E-state index contributed by atoms with van der Waals surface area (Å²) in [5, 5.41) is 3.40. The Balaban J connectivity index is 2.23. The van der Waals surface area contributed by atoms with E-state index in [4.69, 9.17) is 16.3 Å². The number of halogens is 2. The second-order valence-corrected chi connectivity index (χ2v) is 4.73. The van der Waals surface area contributed by atoms with Gasteiger partial charge in [0, 0.05) is 16.6 Å². The Morgan fingerprint density at radius 3 is 2.89 bits per heavy atom. The highest BCUT2D eigenvalue weighted by molar-refractivity contribution is 6.30. The van der Waals surface area contributed by atoms with E-state index in [1.54, 1.807) is 13.0 Å². The topological polar surface area (TPSA) is 38.3 Å². The van der Waals surface area contributed by atoms with E-state index in [0.29, 0.717) is 5.02 Å². The Morgan fingerprint density at radius 1 is 1.61 bits per heavy atom. The second-order valence-electron chi connectivity index (χ2n) is 4.29. The molecule has 1 fully saturated rings. The van der Waals surface area contributed by atoms with Gasteiger partial charge in [0.1, 0.15) is 11.9 Å². The van der Waals surface area contributed by atoms with Gasteiger partial charge in [-0.2, -0.15) is 0 Å². The summed E-state index contributed by atoms with van der Waals surface area (Å²) in [4.78, 5) is 11.9. The molecule has 98 valence electrons. The predicted octanol–water partition coefficient (Wildman–Crippen LogP) is 2.84. The first-order valence-corrected chi connectivity index (χ1v) is 6.37. The third-order valence-electron chi connectivity index (χ3n) is 2.78. The normalized spacial score (nSPS) is 16.4. The van der Waals surface area contributed by atoms with E-state index >= 15 is 0 Å². The van der Waals surface area contributed by atoms with Gasteiger partial charge in [0.15, 0.2) is 0 Å². The lowest BCUT2D eigenvalue weighted by Gasteiger charge is -2.18. The maximum absolute atomic E-state index is 13.8. The van der Waals surface area contributed by atoms with E-state index in [1.165, 1.54) is 12.1 Å². The van der Waals surface area contributed by atoms with Crippen LogP contribution in [0, 0.1) is 5.82 Å². The largest absolute Gasteiger partial charge is 0.465 e. The van der Waals surface area contributed by atoms with Crippen LogP contribution in [-0.4, -0.2) is 18.6 Å². The number of carbonyl (C=O) groups is 1. The van der Waals surface area contributed by atoms with Gasteiger partial charge in [-0.1, -0.05) is 17.7 Å². The molecule has 1 atom stereocenters. The first kappa shape index (κ1) is 13.3. The highest BCUT2D eigenvalue weighted by Crippen LogP contribution is 2.27. The minimum Gasteiger partial charge on any atom is -0.465 e. The van der Waals surface area contributed by atoms with Crippen molar-refractivity contribution in [2.24, 2.45) is 0 Å². The van der Waals surface area contributed by atoms with Crippen LogP contribution in [-0.2, 0) is 9.53 Å². The van der Waals surface area contributed by atoms with Crippen molar-refractivity contribution in [3.8, 4) is 0 Å². The van der Waals surface area contributed by atoms with Crippen molar-refractivity contribution in [3.05, 3.63) is 34.6 Å². The molecule has 5 heteroatoms. The van der Waals surface area contributed by atoms with Gasteiger partial charge in [0.05, 0.1) is 6.61 Å². The second kappa shape index (κ2) is 5.67. The smallest absolute Gasteiger partial charge is 0.327 e. The lowest BCUT2D eigenvalue weighted by molar-refractivity contribution is -0.146. The van der Waals surface area contributed by atoms with E-state index in [2.05, 4.69) is 5.32 Å². The zero-order valence-corrected chi connectivity index (χ0v) is 10.8. The summed E-state index contributed by atoms with van der Waals surface area (Å²) in [6, 6.07) is 3.82. The van der Waals surface area contributed by atoms with Gasteiger partial charge < -0.3 is 4.74 Å². The first-order chi connectivity index (χ1) is 8.61. The van der Waals surface area contributed by atoms with Gasteiger partial charge in [0.2, 0.25) is 0 Å². The molecule has 1 aromatic carbocycles. The number of nitrogens with one attached hydrogen (secondary N) is 1. The van der Waals surface area contributed by atoms with E-state index < -0.39 is 17.8 Å². The van der Waals surface area contributed by atoms with Gasteiger partial charge in [-0.15, -0.1) is 0 Å². The van der Waals surface area contributed by atoms with Crippen LogP contribution >= 0.6 is 11.6 Å². The van der Waals surface area contributed by atoms with Crippen LogP contribution in [0.5, 0.6) is 0 Å². The van der Waals surface area contributed by atoms with E-state index in [0.717, 1.165) is 12.8 Å². The van der Waals surface area contributed by atoms with Crippen molar-refractivity contribution in [2.75, 3.05) is 6.61 Å². The SMILES string of the molecule is CCOC(=O)C(NC1CC1)c1ccc(Cl)cc1F. The Kier molecular flexibility index (Phi) is 4.19. The third kappa shape index (κ3) is 3.21. The molecule has 1 aliphatic rings. The molecule has 0 radical (unpaired) electrons. The number of hydrogen-bond acceptors (Lipinski definition) is 3. The summed E-state index contributed by atoms with van der Waals surface area (Å²) in [7, 11) is 0. The molecule has 3 nitrogen and oxygen atoms in total. The quantitative estimate of drug-likeness (QED) is 0.837. The monoisotopic (exact) mass is 271 g/mol. The Bertz CT molecular complexity index is 449. The molecule has 0 amide bonds. The fraction of sp³-hybridized carbons (Fsp3) is 0.462. The van der Waals surface area contributed by atoms with Gasteiger partial charge >= 0.3 is 5.97 Å². The van der Waals surface area contributed by atoms with Gasteiger partial charge in [0.25, 0.3) is 0 Å². The van der Waals surface area contributed by atoms with E-state index in [1.807, 2.05) is 0 Å². The van der Waals surface area contributed by atoms with Gasteiger partial charge in [-0.3, -0.25) is 5.32 Å². The Morgan fingerprint density at radius 2 is 2.33 bits per heavy atom. The van der Waals surface area contributed by atoms with E-state index in [9.17, 15) is 9.18 Å². The minimum atomic E-state index is -0.755.